The number of pyridine rings is 3. The number of benzene rings is 1. The van der Waals surface area contributed by atoms with Crippen LogP contribution in [0.25, 0.3) is 0 Å². The number of methoxy groups -OCH3 is 1. The Balaban J connectivity index is 1.43. The van der Waals surface area contributed by atoms with Crippen LogP contribution in [0.2, 0.25) is 5.02 Å². The molecular weight excluding hydrogens is 532 g/mol. The number of nitrogens with zero attached hydrogens (tertiary/aromatic N) is 4. The fourth-order valence-corrected chi connectivity index (χ4v) is 4.68. The van der Waals surface area contributed by atoms with Gasteiger partial charge in [0.15, 0.2) is 0 Å². The number of carbonyl (C=O) groups excluding carboxylic acids is 3. The van der Waals surface area contributed by atoms with Crippen LogP contribution >= 0.6 is 11.6 Å². The molecule has 0 radical (unpaired) electrons. The molecular formula is C29H25ClN6O4. The minimum atomic E-state index is -0.863. The van der Waals surface area contributed by atoms with E-state index in [2.05, 4.69) is 25.6 Å². The van der Waals surface area contributed by atoms with Gasteiger partial charge >= 0.3 is 0 Å². The van der Waals surface area contributed by atoms with Crippen LogP contribution in [0.4, 0.5) is 11.6 Å². The van der Waals surface area contributed by atoms with Gasteiger partial charge in [-0.15, -0.1) is 0 Å². The quantitative estimate of drug-likeness (QED) is 0.347. The molecule has 0 spiro atoms. The number of carbonyl (C=O) groups is 3. The Hall–Kier alpha value is -4.83. The van der Waals surface area contributed by atoms with Crippen LogP contribution in [0, 0.1) is 6.92 Å². The number of amides is 3. The van der Waals surface area contributed by atoms with Gasteiger partial charge in [-0.05, 0) is 55.0 Å². The molecule has 2 N–H and O–H groups in total. The van der Waals surface area contributed by atoms with Gasteiger partial charge in [0.05, 0.1) is 23.3 Å². The predicted molar refractivity (Wildman–Crippen MR) is 149 cm³/mol. The van der Waals surface area contributed by atoms with Crippen molar-refractivity contribution >= 4 is 41.0 Å². The van der Waals surface area contributed by atoms with Crippen molar-refractivity contribution in [1.29, 1.82) is 0 Å². The number of hydrogen-bond donors (Lipinski definition) is 2. The molecule has 202 valence electrons. The first kappa shape index (κ1) is 26.8. The first-order valence-corrected chi connectivity index (χ1v) is 12.8. The van der Waals surface area contributed by atoms with Crippen LogP contribution in [0.15, 0.2) is 73.1 Å². The molecule has 4 aromatic rings. The third-order valence-corrected chi connectivity index (χ3v) is 6.73. The van der Waals surface area contributed by atoms with Crippen LogP contribution in [-0.2, 0) is 17.8 Å². The van der Waals surface area contributed by atoms with E-state index in [0.717, 1.165) is 0 Å². The number of ether oxygens (including phenoxy) is 1. The number of halogens is 1. The summed E-state index contributed by atoms with van der Waals surface area (Å²) in [6.45, 7) is 1.85. The summed E-state index contributed by atoms with van der Waals surface area (Å²) in [5.41, 5.74) is 2.48. The van der Waals surface area contributed by atoms with Crippen molar-refractivity contribution in [2.75, 3.05) is 17.7 Å². The van der Waals surface area contributed by atoms with Crippen LogP contribution in [0.1, 0.15) is 37.7 Å². The first-order valence-electron chi connectivity index (χ1n) is 12.4. The Morgan fingerprint density at radius 2 is 1.93 bits per heavy atom. The molecule has 1 atom stereocenters. The normalized spacial score (nSPS) is 14.7. The van der Waals surface area contributed by atoms with Gasteiger partial charge < -0.3 is 20.3 Å². The lowest BCUT2D eigenvalue weighted by atomic mass is 10.0. The Bertz CT molecular complexity index is 1600. The van der Waals surface area contributed by atoms with E-state index >= 15 is 0 Å². The second-order valence-corrected chi connectivity index (χ2v) is 9.57. The van der Waals surface area contributed by atoms with Gasteiger partial charge in [0.25, 0.3) is 11.8 Å². The topological polar surface area (TPSA) is 126 Å². The van der Waals surface area contributed by atoms with Crippen LogP contribution in [0.5, 0.6) is 5.75 Å². The lowest BCUT2D eigenvalue weighted by Gasteiger charge is -2.29. The SMILES string of the molecule is COc1ccnc(NC(=O)c2ccc(CN3C(=O)c4ccc(C)nc4NC(=O)C3Cc3ccccn3)cc2Cl)c1. The highest BCUT2D eigenvalue weighted by Gasteiger charge is 2.36. The van der Waals surface area contributed by atoms with E-state index in [0.29, 0.717) is 28.5 Å². The van der Waals surface area contributed by atoms with Crippen molar-refractivity contribution in [2.45, 2.75) is 25.9 Å². The largest absolute Gasteiger partial charge is 0.497 e. The molecule has 3 amide bonds. The third-order valence-electron chi connectivity index (χ3n) is 6.41. The number of anilines is 2. The number of fused-ring (bicyclic) bond motifs is 1. The monoisotopic (exact) mass is 556 g/mol. The maximum atomic E-state index is 13.8. The van der Waals surface area contributed by atoms with Gasteiger partial charge in [-0.25, -0.2) is 9.97 Å². The zero-order valence-electron chi connectivity index (χ0n) is 21.7. The third kappa shape index (κ3) is 5.76. The van der Waals surface area contributed by atoms with E-state index in [-0.39, 0.29) is 46.7 Å². The summed E-state index contributed by atoms with van der Waals surface area (Å²) in [7, 11) is 1.52. The summed E-state index contributed by atoms with van der Waals surface area (Å²) in [5.74, 6) is -0.103. The Morgan fingerprint density at radius 3 is 2.67 bits per heavy atom. The van der Waals surface area contributed by atoms with Gasteiger partial charge in [-0.3, -0.25) is 19.4 Å². The molecule has 40 heavy (non-hydrogen) atoms. The van der Waals surface area contributed by atoms with Gasteiger partial charge in [0.1, 0.15) is 23.4 Å². The Labute approximate surface area is 235 Å². The molecule has 0 aliphatic carbocycles. The summed E-state index contributed by atoms with van der Waals surface area (Å²) in [6, 6.07) is 16.1. The molecule has 1 aliphatic rings. The molecule has 0 fully saturated rings. The number of nitrogens with one attached hydrogen (secondary N) is 2. The summed E-state index contributed by atoms with van der Waals surface area (Å²) in [4.78, 5) is 54.4. The molecule has 1 unspecified atom stereocenters. The first-order chi connectivity index (χ1) is 19.3. The molecule has 10 nitrogen and oxygen atoms in total. The minimum Gasteiger partial charge on any atom is -0.497 e. The highest BCUT2D eigenvalue weighted by atomic mass is 35.5. The van der Waals surface area contributed by atoms with E-state index in [4.69, 9.17) is 16.3 Å². The van der Waals surface area contributed by atoms with Crippen LogP contribution in [0.3, 0.4) is 0 Å². The van der Waals surface area contributed by atoms with E-state index in [1.165, 1.54) is 18.2 Å². The van der Waals surface area contributed by atoms with Crippen molar-refractivity contribution in [1.82, 2.24) is 19.9 Å². The van der Waals surface area contributed by atoms with Crippen LogP contribution < -0.4 is 15.4 Å². The summed E-state index contributed by atoms with van der Waals surface area (Å²) in [6.07, 6.45) is 3.36. The second-order valence-electron chi connectivity index (χ2n) is 9.16. The fraction of sp³-hybridized carbons (Fsp3) is 0.172. The van der Waals surface area contributed by atoms with Crippen molar-refractivity contribution in [3.63, 3.8) is 0 Å². The van der Waals surface area contributed by atoms with E-state index < -0.39 is 11.9 Å². The number of aromatic nitrogens is 3. The van der Waals surface area contributed by atoms with Crippen molar-refractivity contribution in [3.05, 3.63) is 106 Å². The molecule has 1 aliphatic heterocycles. The molecule has 11 heteroatoms. The average molecular weight is 557 g/mol. The molecule has 0 saturated carbocycles. The maximum absolute atomic E-state index is 13.8. The molecule has 4 heterocycles. The predicted octanol–water partition coefficient (Wildman–Crippen LogP) is 4.30. The molecule has 3 aromatic heterocycles. The standard InChI is InChI=1S/C29H25ClN6O4/c1-17-6-8-22-26(33-17)35-28(38)24(14-19-5-3-4-11-31-19)36(29(22)39)16-18-7-9-21(23(30)13-18)27(37)34-25-15-20(40-2)10-12-32-25/h3-13,15,24H,14,16H2,1-2H3,(H,32,34,37)(H,33,35,38). The average Bonchev–Trinajstić information content (AvgIpc) is 3.03. The Morgan fingerprint density at radius 1 is 1.07 bits per heavy atom. The molecule has 0 bridgehead atoms. The summed E-state index contributed by atoms with van der Waals surface area (Å²) in [5, 5.41) is 5.70. The van der Waals surface area contributed by atoms with E-state index in [1.807, 2.05) is 6.07 Å². The maximum Gasteiger partial charge on any atom is 0.258 e. The lowest BCUT2D eigenvalue weighted by molar-refractivity contribution is -0.120. The summed E-state index contributed by atoms with van der Waals surface area (Å²) < 4.78 is 5.17. The fourth-order valence-electron chi connectivity index (χ4n) is 4.39. The minimum absolute atomic E-state index is 0.0656. The molecule has 0 saturated heterocycles. The van der Waals surface area contributed by atoms with Gasteiger partial charge in [0, 0.05) is 42.8 Å². The smallest absolute Gasteiger partial charge is 0.258 e. The van der Waals surface area contributed by atoms with Crippen molar-refractivity contribution in [3.8, 4) is 5.75 Å². The highest BCUT2D eigenvalue weighted by Crippen LogP contribution is 2.27. The van der Waals surface area contributed by atoms with E-state index in [9.17, 15) is 14.4 Å². The Kier molecular flexibility index (Phi) is 7.70. The van der Waals surface area contributed by atoms with Crippen molar-refractivity contribution in [2.24, 2.45) is 0 Å². The summed E-state index contributed by atoms with van der Waals surface area (Å²) >= 11 is 6.52. The number of hydrogen-bond acceptors (Lipinski definition) is 7. The van der Waals surface area contributed by atoms with Gasteiger partial charge in [0.2, 0.25) is 5.91 Å². The van der Waals surface area contributed by atoms with Crippen LogP contribution in [-0.4, -0.2) is 50.7 Å². The van der Waals surface area contributed by atoms with Crippen molar-refractivity contribution < 1.29 is 19.1 Å². The van der Waals surface area contributed by atoms with E-state index in [1.54, 1.807) is 67.7 Å². The number of aryl methyl sites for hydroxylation is 1. The lowest BCUT2D eigenvalue weighted by Crippen LogP contribution is -2.46. The second kappa shape index (κ2) is 11.5. The van der Waals surface area contributed by atoms with Gasteiger partial charge in [-0.1, -0.05) is 23.7 Å². The molecule has 1 aromatic carbocycles. The zero-order valence-corrected chi connectivity index (χ0v) is 22.5. The number of rotatable bonds is 7. The van der Waals surface area contributed by atoms with Gasteiger partial charge in [-0.2, -0.15) is 0 Å². The zero-order chi connectivity index (χ0) is 28.2. The molecule has 5 rings (SSSR count). The highest BCUT2D eigenvalue weighted by molar-refractivity contribution is 6.34.